The van der Waals surface area contributed by atoms with Crippen LogP contribution >= 0.6 is 0 Å². The molecule has 1 unspecified atom stereocenters. The maximum Gasteiger partial charge on any atom is 0.225 e. The molecule has 1 rings (SSSR count). The minimum atomic E-state index is -0.548. The summed E-state index contributed by atoms with van der Waals surface area (Å²) >= 11 is 0. The summed E-state index contributed by atoms with van der Waals surface area (Å²) in [6.45, 7) is 9.78. The first-order valence-corrected chi connectivity index (χ1v) is 6.47. The monoisotopic (exact) mass is 255 g/mol. The van der Waals surface area contributed by atoms with Gasteiger partial charge in [0.15, 0.2) is 0 Å². The van der Waals surface area contributed by atoms with Crippen LogP contribution < -0.4 is 11.1 Å². The zero-order valence-corrected chi connectivity index (χ0v) is 11.9. The third-order valence-corrected chi connectivity index (χ3v) is 3.42. The van der Waals surface area contributed by atoms with Crippen LogP contribution in [0.15, 0.2) is 0 Å². The van der Waals surface area contributed by atoms with Gasteiger partial charge in [0.05, 0.1) is 5.41 Å². The Morgan fingerprint density at radius 1 is 1.39 bits per heavy atom. The Balaban J connectivity index is 2.39. The molecular formula is C13H25N3O2. The van der Waals surface area contributed by atoms with Crippen LogP contribution in [-0.4, -0.2) is 41.9 Å². The van der Waals surface area contributed by atoms with Crippen molar-refractivity contribution in [3.05, 3.63) is 0 Å². The molecule has 0 radical (unpaired) electrons. The maximum absolute atomic E-state index is 12.0. The smallest absolute Gasteiger partial charge is 0.225 e. The van der Waals surface area contributed by atoms with Crippen molar-refractivity contribution < 1.29 is 9.59 Å². The highest BCUT2D eigenvalue weighted by atomic mass is 16.2. The standard InChI is InChI=1S/C13H25N3O2/c1-12(2,3)15-7-5-10(17)16-8-6-13(4,9-16)11(14)18/h15H,5-9H2,1-4H3,(H2,14,18). The lowest BCUT2D eigenvalue weighted by Crippen LogP contribution is -2.41. The van der Waals surface area contributed by atoms with Gasteiger partial charge in [0.1, 0.15) is 0 Å². The number of hydrogen-bond acceptors (Lipinski definition) is 3. The molecule has 18 heavy (non-hydrogen) atoms. The first-order chi connectivity index (χ1) is 8.14. The van der Waals surface area contributed by atoms with Crippen LogP contribution in [0, 0.1) is 5.41 Å². The normalized spacial score (nSPS) is 24.3. The highest BCUT2D eigenvalue weighted by Gasteiger charge is 2.40. The maximum atomic E-state index is 12.0. The molecule has 1 aliphatic rings. The number of nitrogens with two attached hydrogens (primary N) is 1. The van der Waals surface area contributed by atoms with E-state index in [0.29, 0.717) is 32.5 Å². The Bertz CT molecular complexity index is 336. The number of rotatable bonds is 4. The van der Waals surface area contributed by atoms with Crippen molar-refractivity contribution >= 4 is 11.8 Å². The average Bonchev–Trinajstić information content (AvgIpc) is 2.60. The van der Waals surface area contributed by atoms with E-state index in [1.54, 1.807) is 4.90 Å². The van der Waals surface area contributed by atoms with Crippen molar-refractivity contribution in [2.75, 3.05) is 19.6 Å². The van der Waals surface area contributed by atoms with Crippen molar-refractivity contribution in [1.29, 1.82) is 0 Å². The lowest BCUT2D eigenvalue weighted by molar-refractivity contribution is -0.131. The Morgan fingerprint density at radius 2 is 2.00 bits per heavy atom. The number of carbonyl (C=O) groups is 2. The molecule has 1 fully saturated rings. The number of nitrogens with zero attached hydrogens (tertiary/aromatic N) is 1. The van der Waals surface area contributed by atoms with E-state index in [2.05, 4.69) is 26.1 Å². The molecule has 1 heterocycles. The van der Waals surface area contributed by atoms with Gasteiger partial charge in [0.25, 0.3) is 0 Å². The first-order valence-electron chi connectivity index (χ1n) is 6.47. The average molecular weight is 255 g/mol. The number of amides is 2. The fourth-order valence-electron chi connectivity index (χ4n) is 2.08. The summed E-state index contributed by atoms with van der Waals surface area (Å²) in [7, 11) is 0. The molecule has 0 aliphatic carbocycles. The third kappa shape index (κ3) is 3.98. The summed E-state index contributed by atoms with van der Waals surface area (Å²) in [6.07, 6.45) is 1.13. The fourth-order valence-corrected chi connectivity index (χ4v) is 2.08. The van der Waals surface area contributed by atoms with Crippen LogP contribution in [-0.2, 0) is 9.59 Å². The van der Waals surface area contributed by atoms with Crippen molar-refractivity contribution in [2.24, 2.45) is 11.1 Å². The van der Waals surface area contributed by atoms with Gasteiger partial charge in [-0.25, -0.2) is 0 Å². The summed E-state index contributed by atoms with van der Waals surface area (Å²) in [6, 6.07) is 0. The van der Waals surface area contributed by atoms with Gasteiger partial charge in [-0.1, -0.05) is 0 Å². The van der Waals surface area contributed by atoms with Crippen molar-refractivity contribution in [3.63, 3.8) is 0 Å². The van der Waals surface area contributed by atoms with E-state index in [4.69, 9.17) is 5.73 Å². The summed E-state index contributed by atoms with van der Waals surface area (Å²) < 4.78 is 0. The lowest BCUT2D eigenvalue weighted by atomic mass is 9.89. The second-order valence-electron chi connectivity index (χ2n) is 6.42. The molecule has 0 saturated carbocycles. The highest BCUT2D eigenvalue weighted by molar-refractivity contribution is 5.83. The van der Waals surface area contributed by atoms with Gasteiger partial charge in [-0.05, 0) is 34.1 Å². The molecule has 5 nitrogen and oxygen atoms in total. The van der Waals surface area contributed by atoms with Gasteiger partial charge in [0, 0.05) is 31.6 Å². The lowest BCUT2D eigenvalue weighted by Gasteiger charge is -2.23. The highest BCUT2D eigenvalue weighted by Crippen LogP contribution is 2.29. The Labute approximate surface area is 109 Å². The quantitative estimate of drug-likeness (QED) is 0.767. The first kappa shape index (κ1) is 15.0. The molecule has 1 atom stereocenters. The topological polar surface area (TPSA) is 75.4 Å². The predicted molar refractivity (Wildman–Crippen MR) is 70.9 cm³/mol. The number of primary amides is 1. The summed E-state index contributed by atoms with van der Waals surface area (Å²) in [4.78, 5) is 25.0. The van der Waals surface area contributed by atoms with Gasteiger partial charge in [-0.3, -0.25) is 9.59 Å². The molecule has 2 amide bonds. The summed E-state index contributed by atoms with van der Waals surface area (Å²) in [5.41, 5.74) is 4.83. The van der Waals surface area contributed by atoms with E-state index in [1.165, 1.54) is 0 Å². The minimum absolute atomic E-state index is 0.0209. The van der Waals surface area contributed by atoms with Crippen LogP contribution in [0.3, 0.4) is 0 Å². The molecule has 5 heteroatoms. The Morgan fingerprint density at radius 3 is 2.44 bits per heavy atom. The van der Waals surface area contributed by atoms with Crippen molar-refractivity contribution in [1.82, 2.24) is 10.2 Å². The van der Waals surface area contributed by atoms with Gasteiger partial charge in [0.2, 0.25) is 11.8 Å². The molecule has 0 aromatic heterocycles. The number of carbonyl (C=O) groups excluding carboxylic acids is 2. The summed E-state index contributed by atoms with van der Waals surface area (Å²) in [5.74, 6) is -0.220. The van der Waals surface area contributed by atoms with E-state index < -0.39 is 5.41 Å². The van der Waals surface area contributed by atoms with Crippen LogP contribution in [0.4, 0.5) is 0 Å². The molecular weight excluding hydrogens is 230 g/mol. The molecule has 0 aromatic carbocycles. The van der Waals surface area contributed by atoms with E-state index in [-0.39, 0.29) is 17.4 Å². The zero-order chi connectivity index (χ0) is 14.0. The van der Waals surface area contributed by atoms with Gasteiger partial charge < -0.3 is 16.0 Å². The molecule has 0 aromatic rings. The van der Waals surface area contributed by atoms with Gasteiger partial charge in [-0.15, -0.1) is 0 Å². The SMILES string of the molecule is CC(C)(C)NCCC(=O)N1CCC(C)(C(N)=O)C1. The number of hydrogen-bond donors (Lipinski definition) is 2. The van der Waals surface area contributed by atoms with Crippen LogP contribution in [0.5, 0.6) is 0 Å². The Hall–Kier alpha value is -1.10. The summed E-state index contributed by atoms with van der Waals surface area (Å²) in [5, 5.41) is 3.28. The zero-order valence-electron chi connectivity index (χ0n) is 11.9. The number of nitrogens with one attached hydrogen (secondary N) is 1. The van der Waals surface area contributed by atoms with Crippen LogP contribution in [0.2, 0.25) is 0 Å². The van der Waals surface area contributed by atoms with Crippen LogP contribution in [0.25, 0.3) is 0 Å². The number of likely N-dealkylation sites (tertiary alicyclic amines) is 1. The van der Waals surface area contributed by atoms with E-state index in [1.807, 2.05) is 6.92 Å². The molecule has 0 spiro atoms. The molecule has 1 saturated heterocycles. The molecule has 104 valence electrons. The van der Waals surface area contributed by atoms with Crippen LogP contribution in [0.1, 0.15) is 40.5 Å². The fraction of sp³-hybridized carbons (Fsp3) is 0.846. The molecule has 1 aliphatic heterocycles. The van der Waals surface area contributed by atoms with E-state index >= 15 is 0 Å². The minimum Gasteiger partial charge on any atom is -0.369 e. The molecule has 0 bridgehead atoms. The largest absolute Gasteiger partial charge is 0.369 e. The van der Waals surface area contributed by atoms with Gasteiger partial charge >= 0.3 is 0 Å². The third-order valence-electron chi connectivity index (χ3n) is 3.42. The van der Waals surface area contributed by atoms with Crippen molar-refractivity contribution in [3.8, 4) is 0 Å². The second-order valence-corrected chi connectivity index (χ2v) is 6.42. The van der Waals surface area contributed by atoms with E-state index in [9.17, 15) is 9.59 Å². The molecule has 3 N–H and O–H groups in total. The Kier molecular flexibility index (Phi) is 4.37. The predicted octanol–water partition coefficient (Wildman–Crippen LogP) is 0.489. The van der Waals surface area contributed by atoms with Crippen molar-refractivity contribution in [2.45, 2.75) is 46.1 Å². The van der Waals surface area contributed by atoms with E-state index in [0.717, 1.165) is 0 Å². The second kappa shape index (κ2) is 5.26. The van der Waals surface area contributed by atoms with Gasteiger partial charge in [-0.2, -0.15) is 0 Å².